The van der Waals surface area contributed by atoms with E-state index in [2.05, 4.69) is 20.3 Å². The maximum atomic E-state index is 13.1. The Balaban J connectivity index is 2.05. The number of halogens is 3. The molecule has 0 saturated heterocycles. The number of hydrogen-bond acceptors (Lipinski definition) is 5. The summed E-state index contributed by atoms with van der Waals surface area (Å²) in [5.41, 5.74) is 3.31. The van der Waals surface area contributed by atoms with E-state index in [0.717, 1.165) is 21.3 Å². The van der Waals surface area contributed by atoms with Gasteiger partial charge in [0.2, 0.25) is 0 Å². The van der Waals surface area contributed by atoms with Crippen LogP contribution in [0.3, 0.4) is 0 Å². The van der Waals surface area contributed by atoms with Gasteiger partial charge >= 0.3 is 6.18 Å². The third-order valence-electron chi connectivity index (χ3n) is 4.06. The van der Waals surface area contributed by atoms with E-state index in [0.29, 0.717) is 17.9 Å². The molecule has 0 spiro atoms. The molecule has 3 rings (SSSR count). The molecule has 0 unspecified atom stereocenters. The van der Waals surface area contributed by atoms with Crippen molar-refractivity contribution in [1.82, 2.24) is 24.8 Å². The van der Waals surface area contributed by atoms with Crippen molar-refractivity contribution in [2.75, 3.05) is 11.9 Å². The maximum Gasteiger partial charge on any atom is 0.453 e. The standard InChI is InChI=1S/C16H17F3N6/c1-9-5-6-12(20-7-9)8-24(4)14-11(3)10(2)13-21-22-15(16(17,18)19)25(13)23-14/h5-7H,8H2,1-4H3. The summed E-state index contributed by atoms with van der Waals surface area (Å²) in [7, 11) is 1.76. The zero-order valence-corrected chi connectivity index (χ0v) is 14.3. The van der Waals surface area contributed by atoms with Crippen LogP contribution < -0.4 is 4.90 Å². The van der Waals surface area contributed by atoms with Crippen molar-refractivity contribution in [2.45, 2.75) is 33.5 Å². The molecule has 0 saturated carbocycles. The molecule has 6 nitrogen and oxygen atoms in total. The largest absolute Gasteiger partial charge is 0.453 e. The SMILES string of the molecule is Cc1ccc(CN(C)c2nn3c(C(F)(F)F)nnc3c(C)c2C)nc1. The van der Waals surface area contributed by atoms with E-state index >= 15 is 0 Å². The molecule has 9 heteroatoms. The molecule has 0 aliphatic heterocycles. The fourth-order valence-electron chi connectivity index (χ4n) is 2.56. The predicted octanol–water partition coefficient (Wildman–Crippen LogP) is 3.10. The lowest BCUT2D eigenvalue weighted by Crippen LogP contribution is -2.22. The van der Waals surface area contributed by atoms with Gasteiger partial charge in [-0.1, -0.05) is 6.07 Å². The van der Waals surface area contributed by atoms with E-state index < -0.39 is 12.0 Å². The van der Waals surface area contributed by atoms with Gasteiger partial charge in [-0.2, -0.15) is 17.7 Å². The first-order chi connectivity index (χ1) is 11.7. The van der Waals surface area contributed by atoms with Crippen LogP contribution in [0.2, 0.25) is 0 Å². The van der Waals surface area contributed by atoms with Gasteiger partial charge in [0.25, 0.3) is 5.82 Å². The Kier molecular flexibility index (Phi) is 4.09. The van der Waals surface area contributed by atoms with Crippen LogP contribution in [0.5, 0.6) is 0 Å². The van der Waals surface area contributed by atoms with Gasteiger partial charge in [-0.05, 0) is 32.4 Å². The lowest BCUT2D eigenvalue weighted by Gasteiger charge is -2.21. The second kappa shape index (κ2) is 5.98. The van der Waals surface area contributed by atoms with Gasteiger partial charge in [0.05, 0.1) is 12.2 Å². The van der Waals surface area contributed by atoms with Crippen molar-refractivity contribution in [3.8, 4) is 0 Å². The summed E-state index contributed by atoms with van der Waals surface area (Å²) < 4.78 is 40.1. The molecule has 0 radical (unpaired) electrons. The Morgan fingerprint density at radius 3 is 2.40 bits per heavy atom. The molecule has 25 heavy (non-hydrogen) atoms. The highest BCUT2D eigenvalue weighted by Gasteiger charge is 2.38. The number of anilines is 1. The minimum atomic E-state index is -4.62. The Bertz CT molecular complexity index is 914. The summed E-state index contributed by atoms with van der Waals surface area (Å²) in [6.07, 6.45) is -2.87. The first-order valence-corrected chi connectivity index (χ1v) is 7.61. The van der Waals surface area contributed by atoms with Crippen LogP contribution in [0.15, 0.2) is 18.3 Å². The van der Waals surface area contributed by atoms with E-state index in [1.807, 2.05) is 19.1 Å². The van der Waals surface area contributed by atoms with Crippen LogP contribution in [-0.4, -0.2) is 31.8 Å². The van der Waals surface area contributed by atoms with Crippen LogP contribution >= 0.6 is 0 Å². The number of aromatic nitrogens is 5. The monoisotopic (exact) mass is 350 g/mol. The molecular formula is C16H17F3N6. The summed E-state index contributed by atoms with van der Waals surface area (Å²) in [6, 6.07) is 3.82. The van der Waals surface area contributed by atoms with E-state index in [-0.39, 0.29) is 5.65 Å². The average molecular weight is 350 g/mol. The third-order valence-corrected chi connectivity index (χ3v) is 4.06. The molecule has 0 bridgehead atoms. The first kappa shape index (κ1) is 17.1. The zero-order chi connectivity index (χ0) is 18.4. The van der Waals surface area contributed by atoms with E-state index in [9.17, 15) is 13.2 Å². The van der Waals surface area contributed by atoms with Gasteiger partial charge in [-0.3, -0.25) is 4.98 Å². The number of aryl methyl sites for hydroxylation is 2. The number of alkyl halides is 3. The predicted molar refractivity (Wildman–Crippen MR) is 86.3 cm³/mol. The Morgan fingerprint density at radius 1 is 1.08 bits per heavy atom. The molecule has 0 fully saturated rings. The molecule has 0 amide bonds. The normalized spacial score (nSPS) is 12.0. The summed E-state index contributed by atoms with van der Waals surface area (Å²) >= 11 is 0. The quantitative estimate of drug-likeness (QED) is 0.726. The van der Waals surface area contributed by atoms with Crippen molar-refractivity contribution >= 4 is 11.5 Å². The molecule has 0 aliphatic carbocycles. The van der Waals surface area contributed by atoms with Gasteiger partial charge in [0.15, 0.2) is 11.5 Å². The van der Waals surface area contributed by atoms with Gasteiger partial charge < -0.3 is 4.90 Å². The topological polar surface area (TPSA) is 59.2 Å². The second-order valence-corrected chi connectivity index (χ2v) is 6.01. The highest BCUT2D eigenvalue weighted by molar-refractivity contribution is 5.59. The van der Waals surface area contributed by atoms with Gasteiger partial charge in [-0.25, -0.2) is 0 Å². The van der Waals surface area contributed by atoms with Gasteiger partial charge in [-0.15, -0.1) is 15.3 Å². The fraction of sp³-hybridized carbons (Fsp3) is 0.375. The molecule has 0 N–H and O–H groups in total. The highest BCUT2D eigenvalue weighted by atomic mass is 19.4. The van der Waals surface area contributed by atoms with Gasteiger partial charge in [0.1, 0.15) is 0 Å². The number of fused-ring (bicyclic) bond motifs is 1. The van der Waals surface area contributed by atoms with Crippen LogP contribution in [0.25, 0.3) is 5.65 Å². The molecule has 3 aromatic rings. The highest BCUT2D eigenvalue weighted by Crippen LogP contribution is 2.30. The summed E-state index contributed by atoms with van der Waals surface area (Å²) in [6.45, 7) is 5.87. The second-order valence-electron chi connectivity index (χ2n) is 6.01. The molecule has 0 aromatic carbocycles. The Hall–Kier alpha value is -2.71. The van der Waals surface area contributed by atoms with Crippen molar-refractivity contribution in [1.29, 1.82) is 0 Å². The van der Waals surface area contributed by atoms with Crippen LogP contribution in [0.1, 0.15) is 28.2 Å². The van der Waals surface area contributed by atoms with Crippen molar-refractivity contribution in [3.05, 3.63) is 46.5 Å². The third kappa shape index (κ3) is 3.13. The molecular weight excluding hydrogens is 333 g/mol. The van der Waals surface area contributed by atoms with Crippen molar-refractivity contribution < 1.29 is 13.2 Å². The number of pyridine rings is 1. The molecule has 3 heterocycles. The zero-order valence-electron chi connectivity index (χ0n) is 14.3. The first-order valence-electron chi connectivity index (χ1n) is 7.61. The molecule has 0 atom stereocenters. The minimum Gasteiger partial charge on any atom is -0.352 e. The lowest BCUT2D eigenvalue weighted by molar-refractivity contribution is -0.146. The average Bonchev–Trinajstić information content (AvgIpc) is 2.97. The molecule has 0 aliphatic rings. The van der Waals surface area contributed by atoms with Crippen LogP contribution in [0, 0.1) is 20.8 Å². The number of hydrogen-bond donors (Lipinski definition) is 0. The van der Waals surface area contributed by atoms with Gasteiger partial charge in [0, 0.05) is 24.4 Å². The Morgan fingerprint density at radius 2 is 1.80 bits per heavy atom. The summed E-state index contributed by atoms with van der Waals surface area (Å²) in [4.78, 5) is 6.09. The van der Waals surface area contributed by atoms with Crippen molar-refractivity contribution in [3.63, 3.8) is 0 Å². The van der Waals surface area contributed by atoms with Crippen molar-refractivity contribution in [2.24, 2.45) is 0 Å². The van der Waals surface area contributed by atoms with Crippen LogP contribution in [-0.2, 0) is 12.7 Å². The van der Waals surface area contributed by atoms with Crippen LogP contribution in [0.4, 0.5) is 19.0 Å². The summed E-state index contributed by atoms with van der Waals surface area (Å²) in [5.74, 6) is -0.702. The molecule has 132 valence electrons. The van der Waals surface area contributed by atoms with E-state index in [1.165, 1.54) is 0 Å². The van der Waals surface area contributed by atoms with E-state index in [1.54, 1.807) is 32.0 Å². The summed E-state index contributed by atoms with van der Waals surface area (Å²) in [5, 5.41) is 11.0. The fourth-order valence-corrected chi connectivity index (χ4v) is 2.56. The lowest BCUT2D eigenvalue weighted by atomic mass is 10.1. The Labute approximate surface area is 142 Å². The smallest absolute Gasteiger partial charge is 0.352 e. The number of nitrogens with zero attached hydrogens (tertiary/aromatic N) is 6. The number of rotatable bonds is 3. The maximum absolute atomic E-state index is 13.1. The minimum absolute atomic E-state index is 0.107. The van der Waals surface area contributed by atoms with E-state index in [4.69, 9.17) is 0 Å². The molecule has 3 aromatic heterocycles.